The highest BCUT2D eigenvalue weighted by molar-refractivity contribution is 7.99. The van der Waals surface area contributed by atoms with E-state index in [1.54, 1.807) is 0 Å². The number of hydrogen-bond acceptors (Lipinski definition) is 4. The summed E-state index contributed by atoms with van der Waals surface area (Å²) in [6.07, 6.45) is 4.86. The number of carbonyl (C=O) groups is 1. The highest BCUT2D eigenvalue weighted by atomic mass is 32.2. The zero-order valence-electron chi connectivity index (χ0n) is 11.4. The van der Waals surface area contributed by atoms with Crippen molar-refractivity contribution in [3.05, 3.63) is 11.6 Å². The van der Waals surface area contributed by atoms with Crippen LogP contribution in [0.5, 0.6) is 0 Å². The summed E-state index contributed by atoms with van der Waals surface area (Å²) in [5.74, 6) is 0.533. The molecule has 0 aromatic heterocycles. The highest BCUT2D eigenvalue weighted by Crippen LogP contribution is 2.12. The molecule has 0 aromatic carbocycles. The van der Waals surface area contributed by atoms with E-state index >= 15 is 0 Å². The molecule has 0 spiro atoms. The zero-order valence-corrected chi connectivity index (χ0v) is 12.2. The third kappa shape index (κ3) is 5.89. The van der Waals surface area contributed by atoms with Crippen molar-refractivity contribution < 1.29 is 14.3 Å². The van der Waals surface area contributed by atoms with Crippen molar-refractivity contribution in [1.29, 1.82) is 0 Å². The lowest BCUT2D eigenvalue weighted by molar-refractivity contribution is -0.123. The molecule has 1 rings (SSSR count). The lowest BCUT2D eigenvalue weighted by Crippen LogP contribution is -2.51. The molecule has 0 bridgehead atoms. The lowest BCUT2D eigenvalue weighted by atomic mass is 10.1. The molecule has 0 radical (unpaired) electrons. The van der Waals surface area contributed by atoms with E-state index < -0.39 is 0 Å². The van der Waals surface area contributed by atoms with Crippen molar-refractivity contribution >= 4 is 17.7 Å². The van der Waals surface area contributed by atoms with E-state index in [1.165, 1.54) is 17.3 Å². The Morgan fingerprint density at radius 3 is 3.00 bits per heavy atom. The van der Waals surface area contributed by atoms with Crippen LogP contribution in [0, 0.1) is 0 Å². The molecular weight excluding hydrogens is 250 g/mol. The summed E-state index contributed by atoms with van der Waals surface area (Å²) in [5, 5.41) is 2.98. The number of allylic oxidation sites excluding steroid dienone is 1. The molecule has 0 aliphatic carbocycles. The average molecular weight is 273 g/mol. The SMILES string of the molecule is CSCC(=O)N[C@H]1COCC[C@H]1OCC=C(C)C. The summed E-state index contributed by atoms with van der Waals surface area (Å²) >= 11 is 1.52. The third-order valence-corrected chi connectivity index (χ3v) is 3.27. The van der Waals surface area contributed by atoms with Gasteiger partial charge in [0.15, 0.2) is 0 Å². The molecule has 1 N–H and O–H groups in total. The summed E-state index contributed by atoms with van der Waals surface area (Å²) in [5.41, 5.74) is 1.24. The van der Waals surface area contributed by atoms with E-state index in [1.807, 2.05) is 20.1 Å². The number of carbonyl (C=O) groups excluding carboxylic acids is 1. The fourth-order valence-electron chi connectivity index (χ4n) is 1.77. The monoisotopic (exact) mass is 273 g/mol. The molecule has 104 valence electrons. The first-order valence-corrected chi connectivity index (χ1v) is 7.64. The molecule has 2 atom stereocenters. The Morgan fingerprint density at radius 1 is 1.56 bits per heavy atom. The lowest BCUT2D eigenvalue weighted by Gasteiger charge is -2.31. The van der Waals surface area contributed by atoms with Gasteiger partial charge in [-0.25, -0.2) is 0 Å². The molecule has 0 unspecified atom stereocenters. The Hall–Kier alpha value is -0.520. The maximum atomic E-state index is 11.6. The molecule has 0 saturated carbocycles. The van der Waals surface area contributed by atoms with Gasteiger partial charge in [-0.1, -0.05) is 11.6 Å². The van der Waals surface area contributed by atoms with E-state index in [0.29, 0.717) is 25.6 Å². The van der Waals surface area contributed by atoms with Crippen LogP contribution in [0.25, 0.3) is 0 Å². The van der Waals surface area contributed by atoms with Crippen LogP contribution in [-0.2, 0) is 14.3 Å². The van der Waals surface area contributed by atoms with E-state index in [0.717, 1.165) is 6.42 Å². The topological polar surface area (TPSA) is 47.6 Å². The Bertz CT molecular complexity index is 290. The second-order valence-electron chi connectivity index (χ2n) is 4.62. The maximum absolute atomic E-state index is 11.6. The Balaban J connectivity index is 2.41. The normalized spacial score (nSPS) is 23.5. The molecule has 1 aliphatic heterocycles. The number of nitrogens with one attached hydrogen (secondary N) is 1. The average Bonchev–Trinajstić information content (AvgIpc) is 2.31. The van der Waals surface area contributed by atoms with Crippen LogP contribution in [0.15, 0.2) is 11.6 Å². The first kappa shape index (κ1) is 15.5. The minimum atomic E-state index is -0.0241. The fourth-order valence-corrected chi connectivity index (χ4v) is 2.12. The summed E-state index contributed by atoms with van der Waals surface area (Å²) < 4.78 is 11.2. The van der Waals surface area contributed by atoms with Crippen molar-refractivity contribution in [1.82, 2.24) is 5.32 Å². The first-order valence-electron chi connectivity index (χ1n) is 6.24. The van der Waals surface area contributed by atoms with Crippen LogP contribution in [0.2, 0.25) is 0 Å². The standard InChI is InChI=1S/C13H23NO3S/c1-10(2)4-7-17-12-5-6-16-8-11(12)14-13(15)9-18-3/h4,11-12H,5-9H2,1-3H3,(H,14,15)/t11-,12+/m0/s1. The van der Waals surface area contributed by atoms with Crippen LogP contribution in [0.1, 0.15) is 20.3 Å². The van der Waals surface area contributed by atoms with Crippen molar-refractivity contribution in [2.75, 3.05) is 31.8 Å². The molecule has 1 heterocycles. The third-order valence-electron chi connectivity index (χ3n) is 2.72. The van der Waals surface area contributed by atoms with Gasteiger partial charge >= 0.3 is 0 Å². The van der Waals surface area contributed by atoms with Crippen LogP contribution in [-0.4, -0.2) is 49.9 Å². The number of thioether (sulfide) groups is 1. The van der Waals surface area contributed by atoms with E-state index in [4.69, 9.17) is 9.47 Å². The van der Waals surface area contributed by atoms with Gasteiger partial charge in [0, 0.05) is 6.61 Å². The minimum Gasteiger partial charge on any atom is -0.379 e. The quantitative estimate of drug-likeness (QED) is 0.747. The van der Waals surface area contributed by atoms with Gasteiger partial charge in [0.25, 0.3) is 0 Å². The van der Waals surface area contributed by atoms with Crippen LogP contribution >= 0.6 is 11.8 Å². The second kappa shape index (κ2) is 8.56. The van der Waals surface area contributed by atoms with Gasteiger partial charge in [0.05, 0.1) is 31.1 Å². The van der Waals surface area contributed by atoms with Crippen molar-refractivity contribution in [3.63, 3.8) is 0 Å². The summed E-state index contributed by atoms with van der Waals surface area (Å²) in [6, 6.07) is -0.0241. The largest absolute Gasteiger partial charge is 0.379 e. The molecule has 1 amide bonds. The number of rotatable bonds is 6. The predicted molar refractivity (Wildman–Crippen MR) is 74.9 cm³/mol. The van der Waals surface area contributed by atoms with Crippen LogP contribution in [0.4, 0.5) is 0 Å². The number of hydrogen-bond donors (Lipinski definition) is 1. The van der Waals surface area contributed by atoms with Gasteiger partial charge in [-0.3, -0.25) is 4.79 Å². The molecule has 18 heavy (non-hydrogen) atoms. The summed E-state index contributed by atoms with van der Waals surface area (Å²) in [6.45, 7) is 5.94. The van der Waals surface area contributed by atoms with E-state index in [-0.39, 0.29) is 18.1 Å². The Kier molecular flexibility index (Phi) is 7.39. The minimum absolute atomic E-state index is 0.0241. The number of ether oxygens (including phenoxy) is 2. The van der Waals surface area contributed by atoms with Crippen molar-refractivity contribution in [2.24, 2.45) is 0 Å². The Labute approximate surface area is 113 Å². The van der Waals surface area contributed by atoms with Gasteiger partial charge in [0.1, 0.15) is 0 Å². The van der Waals surface area contributed by atoms with Crippen molar-refractivity contribution in [2.45, 2.75) is 32.4 Å². The second-order valence-corrected chi connectivity index (χ2v) is 5.49. The van der Waals surface area contributed by atoms with Crippen molar-refractivity contribution in [3.8, 4) is 0 Å². The molecule has 1 fully saturated rings. The summed E-state index contributed by atoms with van der Waals surface area (Å²) in [7, 11) is 0. The first-order chi connectivity index (χ1) is 8.63. The van der Waals surface area contributed by atoms with E-state index in [9.17, 15) is 4.79 Å². The van der Waals surface area contributed by atoms with Crippen LogP contribution < -0.4 is 5.32 Å². The van der Waals surface area contributed by atoms with Gasteiger partial charge in [0.2, 0.25) is 5.91 Å². The Morgan fingerprint density at radius 2 is 2.33 bits per heavy atom. The maximum Gasteiger partial charge on any atom is 0.230 e. The zero-order chi connectivity index (χ0) is 13.4. The molecule has 4 nitrogen and oxygen atoms in total. The smallest absolute Gasteiger partial charge is 0.230 e. The van der Waals surface area contributed by atoms with Gasteiger partial charge < -0.3 is 14.8 Å². The van der Waals surface area contributed by atoms with Gasteiger partial charge in [-0.15, -0.1) is 0 Å². The van der Waals surface area contributed by atoms with E-state index in [2.05, 4.69) is 11.4 Å². The fraction of sp³-hybridized carbons (Fsp3) is 0.769. The number of amides is 1. The van der Waals surface area contributed by atoms with Crippen LogP contribution in [0.3, 0.4) is 0 Å². The van der Waals surface area contributed by atoms with Gasteiger partial charge in [-0.2, -0.15) is 11.8 Å². The predicted octanol–water partition coefficient (Wildman–Crippen LogP) is 1.61. The van der Waals surface area contributed by atoms with Gasteiger partial charge in [-0.05, 0) is 26.5 Å². The summed E-state index contributed by atoms with van der Waals surface area (Å²) in [4.78, 5) is 11.6. The molecule has 1 saturated heterocycles. The molecule has 0 aromatic rings. The molecule has 1 aliphatic rings. The molecular formula is C13H23NO3S. The highest BCUT2D eigenvalue weighted by Gasteiger charge is 2.27. The molecule has 5 heteroatoms.